The van der Waals surface area contributed by atoms with E-state index >= 15 is 0 Å². The number of hydrogen-bond donors (Lipinski definition) is 1. The van der Waals surface area contributed by atoms with Crippen LogP contribution in [-0.2, 0) is 19.6 Å². The molecule has 35 heavy (non-hydrogen) atoms. The van der Waals surface area contributed by atoms with Crippen molar-refractivity contribution < 1.29 is 27.7 Å². The number of carbonyl (C=O) groups is 2. The van der Waals surface area contributed by atoms with Crippen LogP contribution >= 0.6 is 11.3 Å². The Bertz CT molecular complexity index is 1380. The number of thiazole rings is 1. The predicted octanol–water partition coefficient (Wildman–Crippen LogP) is 3.30. The van der Waals surface area contributed by atoms with Gasteiger partial charge in [-0.1, -0.05) is 18.2 Å². The number of nitro benzene ring substituents is 1. The zero-order chi connectivity index (χ0) is 25.0. The van der Waals surface area contributed by atoms with Crippen LogP contribution in [0.15, 0.2) is 58.8 Å². The molecule has 2 heterocycles. The lowest BCUT2D eigenvalue weighted by atomic mass is 10.1. The van der Waals surface area contributed by atoms with Crippen molar-refractivity contribution in [2.24, 2.45) is 0 Å². The van der Waals surface area contributed by atoms with Gasteiger partial charge in [-0.25, -0.2) is 18.2 Å². The number of hydrogen-bond acceptors (Lipinski definition) is 9. The zero-order valence-corrected chi connectivity index (χ0v) is 19.9. The van der Waals surface area contributed by atoms with Gasteiger partial charge in [0.2, 0.25) is 10.0 Å². The van der Waals surface area contributed by atoms with Crippen LogP contribution in [-0.4, -0.2) is 54.2 Å². The fourth-order valence-electron chi connectivity index (χ4n) is 3.47. The third-order valence-corrected chi connectivity index (χ3v) is 7.86. The maximum absolute atomic E-state index is 12.7. The smallest absolute Gasteiger partial charge is 0.338 e. The van der Waals surface area contributed by atoms with E-state index in [-0.39, 0.29) is 21.3 Å². The molecule has 0 radical (unpaired) electrons. The van der Waals surface area contributed by atoms with Gasteiger partial charge in [-0.05, 0) is 31.0 Å². The summed E-state index contributed by atoms with van der Waals surface area (Å²) >= 11 is 1.11. The highest BCUT2D eigenvalue weighted by Gasteiger charge is 2.27. The summed E-state index contributed by atoms with van der Waals surface area (Å²) in [7, 11) is -3.69. The maximum Gasteiger partial charge on any atom is 0.338 e. The topological polar surface area (TPSA) is 149 Å². The number of nitrogens with one attached hydrogen (secondary N) is 1. The summed E-state index contributed by atoms with van der Waals surface area (Å²) < 4.78 is 31.8. The van der Waals surface area contributed by atoms with Crippen molar-refractivity contribution in [2.45, 2.75) is 17.7 Å². The van der Waals surface area contributed by atoms with Gasteiger partial charge in [0.25, 0.3) is 11.6 Å². The number of nitrogens with zero attached hydrogens (tertiary/aromatic N) is 3. The lowest BCUT2D eigenvalue weighted by Gasteiger charge is -2.15. The highest BCUT2D eigenvalue weighted by atomic mass is 32.2. The lowest BCUT2D eigenvalue weighted by Crippen LogP contribution is -2.28. The molecule has 4 rings (SSSR count). The summed E-state index contributed by atoms with van der Waals surface area (Å²) in [5.41, 5.74) is 0.902. The molecule has 0 atom stereocenters. The minimum atomic E-state index is -3.69. The largest absolute Gasteiger partial charge is 0.452 e. The highest BCUT2D eigenvalue weighted by Crippen LogP contribution is 2.27. The summed E-state index contributed by atoms with van der Waals surface area (Å²) in [6.45, 7) is 0.279. The Morgan fingerprint density at radius 3 is 2.63 bits per heavy atom. The van der Waals surface area contributed by atoms with Gasteiger partial charge in [-0.15, -0.1) is 11.3 Å². The second kappa shape index (κ2) is 10.3. The number of ether oxygens (including phenoxy) is 1. The van der Waals surface area contributed by atoms with Gasteiger partial charge >= 0.3 is 5.97 Å². The van der Waals surface area contributed by atoms with Crippen LogP contribution in [0.3, 0.4) is 0 Å². The molecule has 1 fully saturated rings. The number of non-ortho nitro benzene ring substituents is 1. The minimum Gasteiger partial charge on any atom is -0.452 e. The Morgan fingerprint density at radius 2 is 1.89 bits per heavy atom. The first-order chi connectivity index (χ1) is 16.7. The summed E-state index contributed by atoms with van der Waals surface area (Å²) in [4.78, 5) is 39.3. The standard InChI is InChI=1S/C22H20N4O7S2/c27-20(24-22-23-19(14-34-22)15-5-3-7-17(11-15)26(29)30)13-33-21(28)16-6-4-8-18(12-16)35(31,32)25-9-1-2-10-25/h3-8,11-12,14H,1-2,9-10,13H2,(H,23,24,27). The van der Waals surface area contributed by atoms with Crippen molar-refractivity contribution in [3.63, 3.8) is 0 Å². The van der Waals surface area contributed by atoms with Crippen molar-refractivity contribution in [3.05, 3.63) is 69.6 Å². The normalized spacial score (nSPS) is 13.9. The van der Waals surface area contributed by atoms with E-state index in [2.05, 4.69) is 10.3 Å². The molecule has 1 aliphatic rings. The molecule has 182 valence electrons. The molecule has 11 nitrogen and oxygen atoms in total. The highest BCUT2D eigenvalue weighted by molar-refractivity contribution is 7.89. The van der Waals surface area contributed by atoms with Gasteiger partial charge in [-0.3, -0.25) is 20.2 Å². The van der Waals surface area contributed by atoms with E-state index in [1.54, 1.807) is 11.4 Å². The average molecular weight is 517 g/mol. The molecular formula is C22H20N4O7S2. The van der Waals surface area contributed by atoms with E-state index in [1.165, 1.54) is 46.8 Å². The summed E-state index contributed by atoms with van der Waals surface area (Å²) in [6.07, 6.45) is 1.59. The molecule has 1 saturated heterocycles. The molecule has 0 bridgehead atoms. The summed E-state index contributed by atoms with van der Waals surface area (Å²) in [5.74, 6) is -1.48. The Morgan fingerprint density at radius 1 is 1.14 bits per heavy atom. The Labute approximate surface area is 204 Å². The fraction of sp³-hybridized carbons (Fsp3) is 0.227. The van der Waals surface area contributed by atoms with Gasteiger partial charge in [0.15, 0.2) is 11.7 Å². The number of carbonyl (C=O) groups excluding carboxylic acids is 2. The molecule has 0 saturated carbocycles. The molecule has 0 unspecified atom stereocenters. The predicted molar refractivity (Wildman–Crippen MR) is 128 cm³/mol. The zero-order valence-electron chi connectivity index (χ0n) is 18.2. The first kappa shape index (κ1) is 24.4. The SMILES string of the molecule is O=C(COC(=O)c1cccc(S(=O)(=O)N2CCCC2)c1)Nc1nc(-c2cccc([N+](=O)[O-])c2)cs1. The molecular weight excluding hydrogens is 496 g/mol. The average Bonchev–Trinajstić information content (AvgIpc) is 3.56. The number of sulfonamides is 1. The van der Waals surface area contributed by atoms with Gasteiger partial charge in [0.1, 0.15) is 0 Å². The van der Waals surface area contributed by atoms with Crippen LogP contribution in [0.4, 0.5) is 10.8 Å². The molecule has 1 aliphatic heterocycles. The van der Waals surface area contributed by atoms with Gasteiger partial charge in [0.05, 0.1) is 21.1 Å². The van der Waals surface area contributed by atoms with Gasteiger partial charge in [0, 0.05) is 36.2 Å². The van der Waals surface area contributed by atoms with Crippen LogP contribution in [0, 0.1) is 10.1 Å². The second-order valence-electron chi connectivity index (χ2n) is 7.61. The second-order valence-corrected chi connectivity index (χ2v) is 10.4. The Kier molecular flexibility index (Phi) is 7.19. The fourth-order valence-corrected chi connectivity index (χ4v) is 5.77. The Hall–Kier alpha value is -3.68. The van der Waals surface area contributed by atoms with Crippen LogP contribution in [0.5, 0.6) is 0 Å². The number of amides is 1. The monoisotopic (exact) mass is 516 g/mol. The molecule has 13 heteroatoms. The molecule has 1 N–H and O–H groups in total. The summed E-state index contributed by atoms with van der Waals surface area (Å²) in [6, 6.07) is 11.5. The van der Waals surface area contributed by atoms with Crippen molar-refractivity contribution >= 4 is 44.1 Å². The van der Waals surface area contributed by atoms with Crippen molar-refractivity contribution in [3.8, 4) is 11.3 Å². The van der Waals surface area contributed by atoms with E-state index in [0.29, 0.717) is 24.3 Å². The number of nitro groups is 1. The van der Waals surface area contributed by atoms with Gasteiger partial charge < -0.3 is 4.74 Å². The van der Waals surface area contributed by atoms with E-state index in [1.807, 2.05) is 0 Å². The third-order valence-electron chi connectivity index (χ3n) is 5.21. The van der Waals surface area contributed by atoms with E-state index in [4.69, 9.17) is 4.74 Å². The van der Waals surface area contributed by atoms with E-state index in [0.717, 1.165) is 24.2 Å². The molecule has 1 amide bonds. The number of benzene rings is 2. The third kappa shape index (κ3) is 5.70. The van der Waals surface area contributed by atoms with E-state index < -0.39 is 33.4 Å². The van der Waals surface area contributed by atoms with Crippen LogP contribution in [0.2, 0.25) is 0 Å². The molecule has 1 aromatic heterocycles. The quantitative estimate of drug-likeness (QED) is 0.272. The lowest BCUT2D eigenvalue weighted by molar-refractivity contribution is -0.384. The molecule has 0 aliphatic carbocycles. The number of esters is 1. The van der Waals surface area contributed by atoms with Crippen LogP contribution < -0.4 is 5.32 Å². The maximum atomic E-state index is 12.7. The molecule has 0 spiro atoms. The van der Waals surface area contributed by atoms with Crippen LogP contribution in [0.25, 0.3) is 11.3 Å². The Balaban J connectivity index is 1.35. The molecule has 3 aromatic rings. The minimum absolute atomic E-state index is 0.00485. The van der Waals surface area contributed by atoms with Crippen LogP contribution in [0.1, 0.15) is 23.2 Å². The number of rotatable bonds is 8. The number of aromatic nitrogens is 1. The van der Waals surface area contributed by atoms with Crippen molar-refractivity contribution in [2.75, 3.05) is 25.0 Å². The first-order valence-electron chi connectivity index (χ1n) is 10.5. The van der Waals surface area contributed by atoms with Crippen molar-refractivity contribution in [1.82, 2.24) is 9.29 Å². The molecule has 2 aromatic carbocycles. The van der Waals surface area contributed by atoms with E-state index in [9.17, 15) is 28.1 Å². The number of anilines is 1. The first-order valence-corrected chi connectivity index (χ1v) is 12.8. The van der Waals surface area contributed by atoms with Gasteiger partial charge in [-0.2, -0.15) is 4.31 Å². The summed E-state index contributed by atoms with van der Waals surface area (Å²) in [5, 5.41) is 15.3. The van der Waals surface area contributed by atoms with Crippen molar-refractivity contribution in [1.29, 1.82) is 0 Å².